The number of carboxylic acid groups (broad SMARTS) is 1. The normalized spacial score (nSPS) is 20.1. The van der Waals surface area contributed by atoms with E-state index in [4.69, 9.17) is 10.2 Å². The number of aromatic carboxylic acids is 1. The Balaban J connectivity index is 2.08. The predicted molar refractivity (Wildman–Crippen MR) is 58.6 cm³/mol. The molecule has 0 aromatic carbocycles. The summed E-state index contributed by atoms with van der Waals surface area (Å²) in [6.45, 7) is 1.90. The van der Waals surface area contributed by atoms with Crippen LogP contribution in [0.15, 0.2) is 18.3 Å². The minimum absolute atomic E-state index is 0.0571. The number of hydrogen-bond acceptors (Lipinski definition) is 4. The molecule has 0 saturated carbocycles. The Bertz CT molecular complexity index is 377. The number of aliphatic hydroxyl groups excluding tert-OH is 1. The lowest BCUT2D eigenvalue weighted by molar-refractivity contribution is 0.0690. The number of carboxylic acids is 1. The standard InChI is InChI=1S/C11H14N2O3/c14-7-8-3-4-13(6-8)9-1-2-10(11(15)16)12-5-9/h1-2,5,8,14H,3-4,6-7H2,(H,15,16). The van der Waals surface area contributed by atoms with Gasteiger partial charge < -0.3 is 15.1 Å². The number of anilines is 1. The molecule has 0 aliphatic carbocycles. The van der Waals surface area contributed by atoms with E-state index >= 15 is 0 Å². The van der Waals surface area contributed by atoms with Crippen LogP contribution in [0.25, 0.3) is 0 Å². The molecule has 1 aromatic heterocycles. The van der Waals surface area contributed by atoms with Gasteiger partial charge in [0.1, 0.15) is 5.69 Å². The molecule has 5 heteroatoms. The molecule has 2 N–H and O–H groups in total. The quantitative estimate of drug-likeness (QED) is 0.783. The predicted octanol–water partition coefficient (Wildman–Crippen LogP) is 0.598. The van der Waals surface area contributed by atoms with E-state index in [1.165, 1.54) is 6.07 Å². The summed E-state index contributed by atoms with van der Waals surface area (Å²) in [4.78, 5) is 16.6. The summed E-state index contributed by atoms with van der Waals surface area (Å²) >= 11 is 0. The second kappa shape index (κ2) is 4.49. The third-order valence-electron chi connectivity index (χ3n) is 2.88. The van der Waals surface area contributed by atoms with Crippen molar-refractivity contribution in [3.63, 3.8) is 0 Å². The Kier molecular flexibility index (Phi) is 3.05. The van der Waals surface area contributed by atoms with Crippen molar-refractivity contribution in [3.05, 3.63) is 24.0 Å². The van der Waals surface area contributed by atoms with Gasteiger partial charge in [0, 0.05) is 25.6 Å². The van der Waals surface area contributed by atoms with Crippen LogP contribution in [0, 0.1) is 5.92 Å². The summed E-state index contributed by atoms with van der Waals surface area (Å²) in [6, 6.07) is 3.26. The molecular weight excluding hydrogens is 208 g/mol. The van der Waals surface area contributed by atoms with E-state index in [1.54, 1.807) is 12.3 Å². The Hall–Kier alpha value is -1.62. The van der Waals surface area contributed by atoms with E-state index in [-0.39, 0.29) is 12.3 Å². The van der Waals surface area contributed by atoms with Crippen LogP contribution in [0.3, 0.4) is 0 Å². The van der Waals surface area contributed by atoms with Gasteiger partial charge in [-0.2, -0.15) is 0 Å². The molecule has 1 aromatic rings. The van der Waals surface area contributed by atoms with Gasteiger partial charge in [-0.1, -0.05) is 0 Å². The third-order valence-corrected chi connectivity index (χ3v) is 2.88. The highest BCUT2D eigenvalue weighted by Gasteiger charge is 2.22. The molecule has 16 heavy (non-hydrogen) atoms. The highest BCUT2D eigenvalue weighted by Crippen LogP contribution is 2.22. The van der Waals surface area contributed by atoms with E-state index in [9.17, 15) is 4.79 Å². The Morgan fingerprint density at radius 3 is 2.88 bits per heavy atom. The van der Waals surface area contributed by atoms with E-state index in [0.29, 0.717) is 5.92 Å². The van der Waals surface area contributed by atoms with Crippen LogP contribution < -0.4 is 4.90 Å². The fourth-order valence-electron chi connectivity index (χ4n) is 1.92. The Labute approximate surface area is 93.3 Å². The molecule has 1 unspecified atom stereocenters. The largest absolute Gasteiger partial charge is 0.477 e. The Morgan fingerprint density at radius 1 is 1.56 bits per heavy atom. The maximum atomic E-state index is 10.6. The summed E-state index contributed by atoms with van der Waals surface area (Å²) in [5.74, 6) is -0.694. The van der Waals surface area contributed by atoms with Crippen molar-refractivity contribution >= 4 is 11.7 Å². The van der Waals surface area contributed by atoms with Crippen LogP contribution in [0.4, 0.5) is 5.69 Å². The first kappa shape index (κ1) is 10.9. The summed E-state index contributed by atoms with van der Waals surface area (Å²) in [7, 11) is 0. The van der Waals surface area contributed by atoms with Gasteiger partial charge >= 0.3 is 5.97 Å². The smallest absolute Gasteiger partial charge is 0.354 e. The highest BCUT2D eigenvalue weighted by atomic mass is 16.4. The van der Waals surface area contributed by atoms with Crippen molar-refractivity contribution in [1.82, 2.24) is 4.98 Å². The van der Waals surface area contributed by atoms with Crippen LogP contribution in [-0.2, 0) is 0 Å². The second-order valence-electron chi connectivity index (χ2n) is 3.99. The molecule has 2 heterocycles. The summed E-state index contributed by atoms with van der Waals surface area (Å²) in [5.41, 5.74) is 0.975. The zero-order valence-corrected chi connectivity index (χ0v) is 8.83. The zero-order chi connectivity index (χ0) is 11.5. The fraction of sp³-hybridized carbons (Fsp3) is 0.455. The molecule has 0 spiro atoms. The van der Waals surface area contributed by atoms with Gasteiger partial charge in [-0.3, -0.25) is 0 Å². The molecule has 1 aliphatic heterocycles. The van der Waals surface area contributed by atoms with Crippen molar-refractivity contribution in [2.45, 2.75) is 6.42 Å². The summed E-state index contributed by atoms with van der Waals surface area (Å²) < 4.78 is 0. The zero-order valence-electron chi connectivity index (χ0n) is 8.83. The van der Waals surface area contributed by atoms with Crippen LogP contribution >= 0.6 is 0 Å². The van der Waals surface area contributed by atoms with Crippen LogP contribution in [0.1, 0.15) is 16.9 Å². The molecule has 1 atom stereocenters. The lowest BCUT2D eigenvalue weighted by Gasteiger charge is -2.17. The first-order chi connectivity index (χ1) is 7.70. The molecule has 5 nitrogen and oxygen atoms in total. The van der Waals surface area contributed by atoms with Gasteiger partial charge in [0.2, 0.25) is 0 Å². The lowest BCUT2D eigenvalue weighted by atomic mass is 10.1. The fourth-order valence-corrected chi connectivity index (χ4v) is 1.92. The first-order valence-electron chi connectivity index (χ1n) is 5.26. The third kappa shape index (κ3) is 2.14. The van der Waals surface area contributed by atoms with Crippen LogP contribution in [-0.4, -0.2) is 40.9 Å². The number of hydrogen-bond donors (Lipinski definition) is 2. The first-order valence-corrected chi connectivity index (χ1v) is 5.26. The van der Waals surface area contributed by atoms with Crippen LogP contribution in [0.5, 0.6) is 0 Å². The minimum atomic E-state index is -1.01. The van der Waals surface area contributed by atoms with E-state index in [2.05, 4.69) is 9.88 Å². The summed E-state index contributed by atoms with van der Waals surface area (Å²) in [5, 5.41) is 17.7. The number of nitrogens with zero attached hydrogens (tertiary/aromatic N) is 2. The van der Waals surface area contributed by atoms with Gasteiger partial charge in [-0.05, 0) is 18.6 Å². The molecule has 86 valence electrons. The van der Waals surface area contributed by atoms with Crippen molar-refractivity contribution in [1.29, 1.82) is 0 Å². The SMILES string of the molecule is O=C(O)c1ccc(N2CCC(CO)C2)cn1. The van der Waals surface area contributed by atoms with Gasteiger partial charge in [-0.25, -0.2) is 9.78 Å². The molecule has 0 radical (unpaired) electrons. The number of rotatable bonds is 3. The van der Waals surface area contributed by atoms with Crippen molar-refractivity contribution in [3.8, 4) is 0 Å². The molecule has 2 rings (SSSR count). The van der Waals surface area contributed by atoms with Crippen molar-refractivity contribution in [2.24, 2.45) is 5.92 Å². The average molecular weight is 222 g/mol. The molecule has 0 bridgehead atoms. The Morgan fingerprint density at radius 2 is 2.38 bits per heavy atom. The number of aliphatic hydroxyl groups is 1. The van der Waals surface area contributed by atoms with Gasteiger partial charge in [-0.15, -0.1) is 0 Å². The number of carbonyl (C=O) groups is 1. The van der Waals surface area contributed by atoms with Gasteiger partial charge in [0.15, 0.2) is 0 Å². The highest BCUT2D eigenvalue weighted by molar-refractivity contribution is 5.85. The second-order valence-corrected chi connectivity index (χ2v) is 3.99. The molecule has 1 saturated heterocycles. The van der Waals surface area contributed by atoms with E-state index in [0.717, 1.165) is 25.2 Å². The van der Waals surface area contributed by atoms with Crippen LogP contribution in [0.2, 0.25) is 0 Å². The maximum absolute atomic E-state index is 10.6. The topological polar surface area (TPSA) is 73.7 Å². The average Bonchev–Trinajstić information content (AvgIpc) is 2.77. The van der Waals surface area contributed by atoms with E-state index in [1.807, 2.05) is 0 Å². The minimum Gasteiger partial charge on any atom is -0.477 e. The van der Waals surface area contributed by atoms with Crippen molar-refractivity contribution < 1.29 is 15.0 Å². The summed E-state index contributed by atoms with van der Waals surface area (Å²) in [6.07, 6.45) is 2.54. The maximum Gasteiger partial charge on any atom is 0.354 e. The number of aromatic nitrogens is 1. The number of pyridine rings is 1. The lowest BCUT2D eigenvalue weighted by Crippen LogP contribution is -2.20. The van der Waals surface area contributed by atoms with E-state index < -0.39 is 5.97 Å². The monoisotopic (exact) mass is 222 g/mol. The van der Waals surface area contributed by atoms with Crippen molar-refractivity contribution in [2.75, 3.05) is 24.6 Å². The molecule has 1 fully saturated rings. The van der Waals surface area contributed by atoms with Gasteiger partial charge in [0.25, 0.3) is 0 Å². The molecular formula is C11H14N2O3. The molecule has 0 amide bonds. The van der Waals surface area contributed by atoms with Gasteiger partial charge in [0.05, 0.1) is 11.9 Å². The molecule has 1 aliphatic rings.